The van der Waals surface area contributed by atoms with E-state index >= 15 is 0 Å². The fourth-order valence-corrected chi connectivity index (χ4v) is 1.06. The summed E-state index contributed by atoms with van der Waals surface area (Å²) >= 11 is 0. The summed E-state index contributed by atoms with van der Waals surface area (Å²) in [6.07, 6.45) is 2.03. The summed E-state index contributed by atoms with van der Waals surface area (Å²) in [4.78, 5) is 22.0. The Morgan fingerprint density at radius 1 is 1.35 bits per heavy atom. The number of nitrogen functional groups attached to an aromatic ring is 1. The molecule has 1 aromatic heterocycles. The Kier molecular flexibility index (Phi) is 5.37. The predicted molar refractivity (Wildman–Crippen MR) is 64.1 cm³/mol. The minimum atomic E-state index is 0.0977. The van der Waals surface area contributed by atoms with E-state index in [0.29, 0.717) is 12.6 Å². The molecule has 0 aliphatic rings. The first kappa shape index (κ1) is 13.4. The maximum absolute atomic E-state index is 5.54. The van der Waals surface area contributed by atoms with Crippen LogP contribution < -0.4 is 16.3 Å². The van der Waals surface area contributed by atoms with Crippen molar-refractivity contribution >= 4 is 17.8 Å². The first-order chi connectivity index (χ1) is 8.17. The van der Waals surface area contributed by atoms with Gasteiger partial charge in [-0.1, -0.05) is 13.3 Å². The molecule has 0 atom stereocenters. The monoisotopic (exact) mass is 242 g/mol. The highest BCUT2D eigenvalue weighted by molar-refractivity contribution is 5.38. The zero-order valence-electron chi connectivity index (χ0n) is 10.3. The van der Waals surface area contributed by atoms with Crippen molar-refractivity contribution in [3.05, 3.63) is 0 Å². The summed E-state index contributed by atoms with van der Waals surface area (Å²) in [5.41, 5.74) is 8.03. The number of rotatable bonds is 7. The van der Waals surface area contributed by atoms with E-state index in [0.717, 1.165) is 12.8 Å². The zero-order chi connectivity index (χ0) is 12.7. The van der Waals surface area contributed by atoms with Gasteiger partial charge >= 0.3 is 0 Å². The Morgan fingerprint density at radius 3 is 2.76 bits per heavy atom. The average molecular weight is 242 g/mol. The number of nitrogens with zero attached hydrogens (tertiary/aromatic N) is 4. The molecule has 0 fully saturated rings. The molecule has 0 saturated carbocycles. The number of nitrogens with one attached hydrogen (secondary N) is 1. The Hall–Kier alpha value is -1.67. The van der Waals surface area contributed by atoms with Crippen LogP contribution in [0.25, 0.3) is 0 Å². The van der Waals surface area contributed by atoms with Gasteiger partial charge in [-0.05, 0) is 6.42 Å². The average Bonchev–Trinajstić information content (AvgIpc) is 2.29. The molecule has 0 aliphatic heterocycles. The van der Waals surface area contributed by atoms with Crippen LogP contribution in [0, 0.1) is 0 Å². The third-order valence-corrected chi connectivity index (χ3v) is 1.90. The number of unbranched alkanes of at least 4 members (excludes halogenated alkanes) is 1. The smallest absolute Gasteiger partial charge is 0.256 e. The van der Waals surface area contributed by atoms with Crippen LogP contribution in [0.15, 0.2) is 0 Å². The largest absolute Gasteiger partial charge is 0.368 e. The third kappa shape index (κ3) is 4.37. The summed E-state index contributed by atoms with van der Waals surface area (Å²) in [5, 5.41) is 1.45. The van der Waals surface area contributed by atoms with Gasteiger partial charge in [0, 0.05) is 7.05 Å². The molecule has 0 amide bonds. The highest BCUT2D eigenvalue weighted by Gasteiger charge is 2.09. The highest BCUT2D eigenvalue weighted by Crippen LogP contribution is 2.10. The lowest BCUT2D eigenvalue weighted by Crippen LogP contribution is -2.22. The van der Waals surface area contributed by atoms with Gasteiger partial charge in [-0.15, -0.1) is 0 Å². The molecule has 0 saturated heterocycles. The van der Waals surface area contributed by atoms with Crippen LogP contribution >= 0.6 is 0 Å². The van der Waals surface area contributed by atoms with Crippen LogP contribution in [0.4, 0.5) is 17.8 Å². The van der Waals surface area contributed by atoms with Crippen LogP contribution in [0.5, 0.6) is 0 Å². The van der Waals surface area contributed by atoms with Crippen LogP contribution in [0.1, 0.15) is 19.8 Å². The molecule has 1 rings (SSSR count). The first-order valence-electron chi connectivity index (χ1n) is 5.34. The Morgan fingerprint density at radius 2 is 2.12 bits per heavy atom. The van der Waals surface area contributed by atoms with E-state index in [9.17, 15) is 0 Å². The first-order valence-corrected chi connectivity index (χ1v) is 5.34. The van der Waals surface area contributed by atoms with E-state index in [-0.39, 0.29) is 11.9 Å². The minimum absolute atomic E-state index is 0.0977. The van der Waals surface area contributed by atoms with Crippen molar-refractivity contribution < 1.29 is 9.68 Å². The van der Waals surface area contributed by atoms with E-state index in [4.69, 9.17) is 15.4 Å². The van der Waals surface area contributed by atoms with Gasteiger partial charge in [0.1, 0.15) is 0 Å². The van der Waals surface area contributed by atoms with Gasteiger partial charge in [-0.25, -0.2) is 10.5 Å². The molecule has 17 heavy (non-hydrogen) atoms. The second-order valence-corrected chi connectivity index (χ2v) is 3.31. The predicted octanol–water partition coefficient (Wildman–Crippen LogP) is 0.595. The molecule has 8 heteroatoms. The molecule has 3 N–H and O–H groups in total. The van der Waals surface area contributed by atoms with E-state index in [1.54, 1.807) is 7.05 Å². The molecule has 0 spiro atoms. The highest BCUT2D eigenvalue weighted by atomic mass is 16.7. The molecule has 1 aromatic rings. The van der Waals surface area contributed by atoms with Gasteiger partial charge in [0.2, 0.25) is 5.95 Å². The lowest BCUT2D eigenvalue weighted by atomic mass is 10.4. The number of hydrogen-bond acceptors (Lipinski definition) is 8. The molecule has 8 nitrogen and oxygen atoms in total. The van der Waals surface area contributed by atoms with Crippen LogP contribution in [0.2, 0.25) is 0 Å². The minimum Gasteiger partial charge on any atom is -0.368 e. The fraction of sp³-hybridized carbons (Fsp3) is 0.667. The van der Waals surface area contributed by atoms with Gasteiger partial charge in [0.05, 0.1) is 13.7 Å². The number of anilines is 3. The molecule has 0 bridgehead atoms. The molecule has 0 radical (unpaired) electrons. The molecule has 1 heterocycles. The number of hydrogen-bond donors (Lipinski definition) is 2. The van der Waals surface area contributed by atoms with Crippen molar-refractivity contribution in [1.82, 2.24) is 15.0 Å². The molecule has 0 aromatic carbocycles. The van der Waals surface area contributed by atoms with Crippen molar-refractivity contribution in [2.45, 2.75) is 19.8 Å². The van der Waals surface area contributed by atoms with Gasteiger partial charge in [-0.3, -0.25) is 9.68 Å². The molecule has 0 unspecified atom stereocenters. The zero-order valence-corrected chi connectivity index (χ0v) is 10.3. The van der Waals surface area contributed by atoms with Crippen molar-refractivity contribution in [3.63, 3.8) is 0 Å². The van der Waals surface area contributed by atoms with Crippen LogP contribution in [0.3, 0.4) is 0 Å². The molecular weight excluding hydrogens is 224 g/mol. The molecule has 0 aliphatic carbocycles. The van der Waals surface area contributed by atoms with Crippen molar-refractivity contribution in [1.29, 1.82) is 0 Å². The lowest BCUT2D eigenvalue weighted by molar-refractivity contribution is 0.115. The summed E-state index contributed by atoms with van der Waals surface area (Å²) in [5.74, 6) is 0.662. The van der Waals surface area contributed by atoms with E-state index in [2.05, 4.69) is 27.4 Å². The van der Waals surface area contributed by atoms with Crippen molar-refractivity contribution in [3.8, 4) is 0 Å². The van der Waals surface area contributed by atoms with Crippen LogP contribution in [-0.4, -0.2) is 35.7 Å². The molecular formula is C9H18N6O2. The second-order valence-electron chi connectivity index (χ2n) is 3.31. The Balaban J connectivity index is 2.67. The number of hydroxylamine groups is 1. The van der Waals surface area contributed by atoms with Crippen LogP contribution in [-0.2, 0) is 9.68 Å². The van der Waals surface area contributed by atoms with Gasteiger partial charge in [0.15, 0.2) is 0 Å². The van der Waals surface area contributed by atoms with Crippen molar-refractivity contribution in [2.24, 2.45) is 0 Å². The summed E-state index contributed by atoms with van der Waals surface area (Å²) in [7, 11) is 3.17. The second kappa shape index (κ2) is 6.81. The standard InChI is InChI=1S/C9H18N6O2/c1-4-5-6-17-15(2)9-12-7(10)11-8(13-9)14-16-3/h4-6H2,1-3H3,(H3,10,11,12,13,14). The fourth-order valence-electron chi connectivity index (χ4n) is 1.06. The Bertz CT molecular complexity index is 348. The van der Waals surface area contributed by atoms with Gasteiger partial charge < -0.3 is 5.73 Å². The number of aromatic nitrogens is 3. The van der Waals surface area contributed by atoms with E-state index in [1.165, 1.54) is 12.2 Å². The topological polar surface area (TPSA) is 98.4 Å². The maximum atomic E-state index is 5.54. The van der Waals surface area contributed by atoms with Crippen molar-refractivity contribution in [2.75, 3.05) is 37.0 Å². The summed E-state index contributed by atoms with van der Waals surface area (Å²) in [6.45, 7) is 2.69. The molecule has 96 valence electrons. The normalized spacial score (nSPS) is 10.3. The van der Waals surface area contributed by atoms with Gasteiger partial charge in [-0.2, -0.15) is 15.0 Å². The summed E-state index contributed by atoms with van der Waals surface area (Å²) in [6, 6.07) is 0. The maximum Gasteiger partial charge on any atom is 0.256 e. The third-order valence-electron chi connectivity index (χ3n) is 1.90. The van der Waals surface area contributed by atoms with E-state index in [1.807, 2.05) is 0 Å². The lowest BCUT2D eigenvalue weighted by Gasteiger charge is -2.16. The Labute approximate surface area is 100 Å². The van der Waals surface area contributed by atoms with Gasteiger partial charge in [0.25, 0.3) is 11.9 Å². The summed E-state index contributed by atoms with van der Waals surface area (Å²) < 4.78 is 0. The SMILES string of the molecule is CCCCON(C)c1nc(N)nc(NOC)n1. The van der Waals surface area contributed by atoms with E-state index < -0.39 is 0 Å². The quantitative estimate of drug-likeness (QED) is 0.529. The number of nitrogens with two attached hydrogens (primary N) is 1.